The van der Waals surface area contributed by atoms with Gasteiger partial charge in [0.15, 0.2) is 5.54 Å². The number of amides is 2. The first-order chi connectivity index (χ1) is 17.6. The number of hydrogen-bond acceptors (Lipinski definition) is 9. The summed E-state index contributed by atoms with van der Waals surface area (Å²) in [4.78, 5) is 54.0. The fourth-order valence-electron chi connectivity index (χ4n) is 5.40. The topological polar surface area (TPSA) is 152 Å². The van der Waals surface area contributed by atoms with E-state index < -0.39 is 53.3 Å². The second-order valence-electron chi connectivity index (χ2n) is 9.01. The maximum Gasteiger partial charge on any atom is 0.341 e. The fourth-order valence-corrected chi connectivity index (χ4v) is 5.40. The second-order valence-corrected chi connectivity index (χ2v) is 9.01. The van der Waals surface area contributed by atoms with Crippen LogP contribution in [0, 0.1) is 11.8 Å². The van der Waals surface area contributed by atoms with Gasteiger partial charge < -0.3 is 24.4 Å². The van der Waals surface area contributed by atoms with Crippen LogP contribution in [-0.4, -0.2) is 71.8 Å². The molecule has 4 rings (SSSR count). The van der Waals surface area contributed by atoms with Gasteiger partial charge in [0.1, 0.15) is 17.1 Å². The molecule has 196 valence electrons. The van der Waals surface area contributed by atoms with Crippen LogP contribution in [0.3, 0.4) is 0 Å². The highest BCUT2D eigenvalue weighted by molar-refractivity contribution is 6.10. The third-order valence-corrected chi connectivity index (χ3v) is 7.17. The number of benzene rings is 2. The van der Waals surface area contributed by atoms with Gasteiger partial charge >= 0.3 is 11.9 Å². The summed E-state index contributed by atoms with van der Waals surface area (Å²) >= 11 is 0. The number of hydrogen-bond donors (Lipinski definition) is 3. The molecule has 2 aliphatic heterocycles. The number of aliphatic hydroxyl groups excluding tert-OH is 1. The van der Waals surface area contributed by atoms with Crippen molar-refractivity contribution >= 4 is 23.8 Å². The Morgan fingerprint density at radius 2 is 1.76 bits per heavy atom. The number of nitrogens with one attached hydrogen (secondary N) is 1. The number of carboxylic acids is 1. The molecule has 3 N–H and O–H groups in total. The van der Waals surface area contributed by atoms with E-state index in [1.165, 1.54) is 40.4 Å². The van der Waals surface area contributed by atoms with Crippen LogP contribution in [0.1, 0.15) is 34.5 Å². The Morgan fingerprint density at radius 1 is 1.08 bits per heavy atom. The highest BCUT2D eigenvalue weighted by atomic mass is 16.5. The van der Waals surface area contributed by atoms with Crippen molar-refractivity contribution in [1.82, 2.24) is 10.2 Å². The number of aliphatic carboxylic acids is 1. The lowest BCUT2D eigenvalue weighted by Gasteiger charge is -2.33. The van der Waals surface area contributed by atoms with Crippen molar-refractivity contribution in [2.75, 3.05) is 21.3 Å². The monoisotopic (exact) mass is 512 g/mol. The highest BCUT2D eigenvalue weighted by Gasteiger charge is 2.70. The van der Waals surface area contributed by atoms with Crippen LogP contribution in [0.2, 0.25) is 0 Å². The molecule has 2 aromatic carbocycles. The van der Waals surface area contributed by atoms with E-state index in [-0.39, 0.29) is 29.2 Å². The van der Waals surface area contributed by atoms with Gasteiger partial charge in [-0.05, 0) is 24.1 Å². The van der Waals surface area contributed by atoms with E-state index in [2.05, 4.69) is 5.32 Å². The Hall–Kier alpha value is -3.96. The number of ether oxygens (including phenoxy) is 3. The minimum atomic E-state index is -2.21. The largest absolute Gasteiger partial charge is 0.497 e. The summed E-state index contributed by atoms with van der Waals surface area (Å²) in [7, 11) is 3.90. The van der Waals surface area contributed by atoms with E-state index in [9.17, 15) is 29.4 Å². The van der Waals surface area contributed by atoms with Crippen molar-refractivity contribution in [3.8, 4) is 11.5 Å². The zero-order valence-corrected chi connectivity index (χ0v) is 20.8. The lowest BCUT2D eigenvalue weighted by Crippen LogP contribution is -2.62. The lowest BCUT2D eigenvalue weighted by molar-refractivity contribution is -0.157. The standard InChI is InChI=1S/C26H28N2O9/c1-13(29)26(25(33)34)20-19(22(30)28(23(20)31)12-14-8-6-5-7-9-14)21(27-26)16-10-15(35-2)11-17(36-3)18(16)24(32)37-4/h5-11,13,19-21,27,29H,12H2,1-4H3,(H,33,34). The molecule has 0 spiro atoms. The van der Waals surface area contributed by atoms with Crippen LogP contribution in [0.25, 0.3) is 0 Å². The van der Waals surface area contributed by atoms with Gasteiger partial charge in [-0.15, -0.1) is 0 Å². The highest BCUT2D eigenvalue weighted by Crippen LogP contribution is 2.52. The average Bonchev–Trinajstić information content (AvgIpc) is 3.38. The van der Waals surface area contributed by atoms with Gasteiger partial charge in [0.05, 0.1) is 45.8 Å². The van der Waals surface area contributed by atoms with Crippen molar-refractivity contribution in [2.24, 2.45) is 11.8 Å². The fraction of sp³-hybridized carbons (Fsp3) is 0.385. The van der Waals surface area contributed by atoms with Crippen LogP contribution in [0.4, 0.5) is 0 Å². The molecule has 2 amide bonds. The van der Waals surface area contributed by atoms with Crippen LogP contribution in [-0.2, 0) is 25.7 Å². The Balaban J connectivity index is 1.93. The molecular weight excluding hydrogens is 484 g/mol. The minimum Gasteiger partial charge on any atom is -0.497 e. The molecule has 0 aromatic heterocycles. The van der Waals surface area contributed by atoms with E-state index in [0.29, 0.717) is 5.56 Å². The zero-order chi connectivity index (χ0) is 27.1. The van der Waals surface area contributed by atoms with Gasteiger partial charge in [-0.25, -0.2) is 4.79 Å². The minimum absolute atomic E-state index is 0.0596. The number of aliphatic hydroxyl groups is 1. The predicted molar refractivity (Wildman–Crippen MR) is 128 cm³/mol. The van der Waals surface area contributed by atoms with E-state index >= 15 is 0 Å². The van der Waals surface area contributed by atoms with Gasteiger partial charge in [-0.2, -0.15) is 0 Å². The molecule has 0 aliphatic carbocycles. The normalized spacial score (nSPS) is 25.5. The number of imide groups is 1. The van der Waals surface area contributed by atoms with Crippen molar-refractivity contribution in [1.29, 1.82) is 0 Å². The smallest absolute Gasteiger partial charge is 0.341 e. The summed E-state index contributed by atoms with van der Waals surface area (Å²) in [5.74, 6) is -6.02. The number of rotatable bonds is 8. The summed E-state index contributed by atoms with van der Waals surface area (Å²) in [5.41, 5.74) is -1.46. The molecule has 11 heteroatoms. The Morgan fingerprint density at radius 3 is 2.30 bits per heavy atom. The zero-order valence-electron chi connectivity index (χ0n) is 20.8. The first-order valence-corrected chi connectivity index (χ1v) is 11.5. The Bertz CT molecular complexity index is 1250. The van der Waals surface area contributed by atoms with E-state index in [1.807, 2.05) is 0 Å². The van der Waals surface area contributed by atoms with Crippen molar-refractivity contribution in [3.05, 3.63) is 59.2 Å². The molecule has 2 heterocycles. The maximum absolute atomic E-state index is 13.8. The van der Waals surface area contributed by atoms with Crippen molar-refractivity contribution in [3.63, 3.8) is 0 Å². The van der Waals surface area contributed by atoms with Gasteiger partial charge in [0.25, 0.3) is 0 Å². The number of carbonyl (C=O) groups excluding carboxylic acids is 3. The van der Waals surface area contributed by atoms with E-state index in [0.717, 1.165) is 4.90 Å². The van der Waals surface area contributed by atoms with Gasteiger partial charge in [0, 0.05) is 12.1 Å². The van der Waals surface area contributed by atoms with E-state index in [1.54, 1.807) is 30.3 Å². The molecule has 2 aromatic rings. The predicted octanol–water partition coefficient (Wildman–Crippen LogP) is 1.14. The molecular formula is C26H28N2O9. The second kappa shape index (κ2) is 9.83. The van der Waals surface area contributed by atoms with Crippen LogP contribution < -0.4 is 14.8 Å². The van der Waals surface area contributed by atoms with Crippen LogP contribution >= 0.6 is 0 Å². The third-order valence-electron chi connectivity index (χ3n) is 7.17. The molecule has 37 heavy (non-hydrogen) atoms. The summed E-state index contributed by atoms with van der Waals surface area (Å²) in [6.07, 6.45) is -1.58. The molecule has 2 fully saturated rings. The van der Waals surface area contributed by atoms with Crippen molar-refractivity contribution in [2.45, 2.75) is 31.2 Å². The van der Waals surface area contributed by atoms with Gasteiger partial charge in [0.2, 0.25) is 11.8 Å². The number of likely N-dealkylation sites (tertiary alicyclic amines) is 1. The summed E-state index contributed by atoms with van der Waals surface area (Å²) in [6, 6.07) is 10.5. The molecule has 0 radical (unpaired) electrons. The third kappa shape index (κ3) is 4.00. The lowest BCUT2D eigenvalue weighted by atomic mass is 9.76. The summed E-state index contributed by atoms with van der Waals surface area (Å²) in [5, 5.41) is 23.9. The number of fused-ring (bicyclic) bond motifs is 1. The number of methoxy groups -OCH3 is 3. The molecule has 0 saturated carbocycles. The van der Waals surface area contributed by atoms with Crippen LogP contribution in [0.5, 0.6) is 11.5 Å². The van der Waals surface area contributed by atoms with Gasteiger partial charge in [-0.3, -0.25) is 24.6 Å². The molecule has 11 nitrogen and oxygen atoms in total. The van der Waals surface area contributed by atoms with E-state index in [4.69, 9.17) is 14.2 Å². The molecule has 0 bridgehead atoms. The maximum atomic E-state index is 13.8. The molecule has 5 atom stereocenters. The number of carboxylic acid groups (broad SMARTS) is 1. The Labute approximate surface area is 212 Å². The number of carbonyl (C=O) groups is 4. The molecule has 2 aliphatic rings. The van der Waals surface area contributed by atoms with Crippen LogP contribution in [0.15, 0.2) is 42.5 Å². The first-order valence-electron chi connectivity index (χ1n) is 11.5. The number of esters is 1. The first kappa shape index (κ1) is 26.1. The molecule has 2 saturated heterocycles. The van der Waals surface area contributed by atoms with Gasteiger partial charge in [-0.1, -0.05) is 30.3 Å². The molecule has 5 unspecified atom stereocenters. The van der Waals surface area contributed by atoms with Crippen molar-refractivity contribution < 1.29 is 43.6 Å². The quantitative estimate of drug-likeness (QED) is 0.347. The number of nitrogens with zero attached hydrogens (tertiary/aromatic N) is 1. The summed E-state index contributed by atoms with van der Waals surface area (Å²) < 4.78 is 15.7. The average molecular weight is 513 g/mol. The summed E-state index contributed by atoms with van der Waals surface area (Å²) in [6.45, 7) is 1.17. The Kier molecular flexibility index (Phi) is 6.94. The SMILES string of the molecule is COC(=O)c1c(OC)cc(OC)cc1C1NC(C(=O)O)(C(C)O)C2C(=O)N(Cc3ccccc3)C(=O)C12.